The maximum atomic E-state index is 12.6. The summed E-state index contributed by atoms with van der Waals surface area (Å²) in [4.78, 5) is 22.5. The normalized spacial score (nSPS) is 20.5. The summed E-state index contributed by atoms with van der Waals surface area (Å²) in [6, 6.07) is 1.59. The Morgan fingerprint density at radius 1 is 1.41 bits per heavy atom. The lowest BCUT2D eigenvalue weighted by Crippen LogP contribution is -2.55. The molecule has 22 heavy (non-hydrogen) atoms. The van der Waals surface area contributed by atoms with Gasteiger partial charge in [-0.2, -0.15) is 4.31 Å². The molecule has 9 heteroatoms. The largest absolute Gasteiger partial charge is 0.334 e. The fourth-order valence-corrected chi connectivity index (χ4v) is 4.66. The van der Waals surface area contributed by atoms with Crippen LogP contribution in [0.2, 0.25) is 0 Å². The zero-order chi connectivity index (χ0) is 15.9. The Balaban J connectivity index is 1.79. The van der Waals surface area contributed by atoms with E-state index in [4.69, 9.17) is 0 Å². The molecule has 2 aromatic heterocycles. The smallest absolute Gasteiger partial charge is 0.282 e. The molecule has 118 valence electrons. The number of carbonyl (C=O) groups is 1. The molecule has 3 rings (SSSR count). The first-order chi connectivity index (χ1) is 10.4. The summed E-state index contributed by atoms with van der Waals surface area (Å²) in [5.41, 5.74) is 0.707. The SMILES string of the molecule is C[C@H]1CN(C(=O)c2nc3cnccc3s2)CCN1S(C)(=O)=O. The molecular weight excluding hydrogens is 324 g/mol. The molecule has 1 aliphatic heterocycles. The number of aromatic nitrogens is 2. The van der Waals surface area contributed by atoms with Crippen LogP contribution in [0.25, 0.3) is 10.2 Å². The Morgan fingerprint density at radius 3 is 2.82 bits per heavy atom. The minimum atomic E-state index is -3.24. The molecule has 1 fully saturated rings. The fourth-order valence-electron chi connectivity index (χ4n) is 2.62. The van der Waals surface area contributed by atoms with Gasteiger partial charge < -0.3 is 4.90 Å². The van der Waals surface area contributed by atoms with Gasteiger partial charge in [-0.05, 0) is 13.0 Å². The van der Waals surface area contributed by atoms with Crippen LogP contribution in [-0.4, -0.2) is 65.4 Å². The zero-order valence-electron chi connectivity index (χ0n) is 12.3. The van der Waals surface area contributed by atoms with Crippen molar-refractivity contribution in [1.29, 1.82) is 0 Å². The predicted octanol–water partition coefficient (Wildman–Crippen LogP) is 0.797. The highest BCUT2D eigenvalue weighted by Gasteiger charge is 2.33. The third-order valence-electron chi connectivity index (χ3n) is 3.65. The van der Waals surface area contributed by atoms with Crippen LogP contribution in [0.5, 0.6) is 0 Å². The number of thiazole rings is 1. The van der Waals surface area contributed by atoms with Crippen molar-refractivity contribution in [3.05, 3.63) is 23.5 Å². The van der Waals surface area contributed by atoms with Crippen LogP contribution in [0.1, 0.15) is 16.7 Å². The average molecular weight is 340 g/mol. The second-order valence-corrected chi connectivity index (χ2v) is 8.30. The predicted molar refractivity (Wildman–Crippen MR) is 84.3 cm³/mol. The van der Waals surface area contributed by atoms with E-state index in [1.54, 1.807) is 17.3 Å². The van der Waals surface area contributed by atoms with E-state index in [0.717, 1.165) is 4.70 Å². The van der Waals surface area contributed by atoms with Crippen molar-refractivity contribution in [2.75, 3.05) is 25.9 Å². The highest BCUT2D eigenvalue weighted by atomic mass is 32.2. The van der Waals surface area contributed by atoms with Crippen molar-refractivity contribution in [1.82, 2.24) is 19.2 Å². The van der Waals surface area contributed by atoms with Gasteiger partial charge in [0.05, 0.1) is 17.2 Å². The number of fused-ring (bicyclic) bond motifs is 1. The summed E-state index contributed by atoms with van der Waals surface area (Å²) in [5.74, 6) is -0.152. The number of hydrogen-bond donors (Lipinski definition) is 0. The third kappa shape index (κ3) is 2.83. The Kier molecular flexibility index (Phi) is 3.87. The Bertz CT molecular complexity index is 785. The second kappa shape index (κ2) is 5.56. The minimum absolute atomic E-state index is 0.152. The molecule has 0 aliphatic carbocycles. The number of piperazine rings is 1. The first kappa shape index (κ1) is 15.3. The Hall–Kier alpha value is -1.58. The molecule has 1 amide bonds. The molecule has 1 atom stereocenters. The Labute approximate surface area is 132 Å². The number of nitrogens with zero attached hydrogens (tertiary/aromatic N) is 4. The second-order valence-electron chi connectivity index (χ2n) is 5.34. The van der Waals surface area contributed by atoms with Crippen molar-refractivity contribution in [2.24, 2.45) is 0 Å². The van der Waals surface area contributed by atoms with E-state index < -0.39 is 10.0 Å². The average Bonchev–Trinajstić information content (AvgIpc) is 2.88. The van der Waals surface area contributed by atoms with Crippen molar-refractivity contribution in [3.8, 4) is 0 Å². The van der Waals surface area contributed by atoms with E-state index in [0.29, 0.717) is 30.2 Å². The summed E-state index contributed by atoms with van der Waals surface area (Å²) in [6.45, 7) is 2.88. The lowest BCUT2D eigenvalue weighted by Gasteiger charge is -2.37. The van der Waals surface area contributed by atoms with Crippen LogP contribution in [0, 0.1) is 0 Å². The minimum Gasteiger partial charge on any atom is -0.334 e. The highest BCUT2D eigenvalue weighted by molar-refractivity contribution is 7.88. The molecule has 0 spiro atoms. The molecule has 0 saturated carbocycles. The molecule has 1 aliphatic rings. The molecule has 0 aromatic carbocycles. The number of hydrogen-bond acceptors (Lipinski definition) is 6. The van der Waals surface area contributed by atoms with E-state index in [9.17, 15) is 13.2 Å². The zero-order valence-corrected chi connectivity index (χ0v) is 13.9. The molecule has 0 bridgehead atoms. The van der Waals surface area contributed by atoms with Gasteiger partial charge in [-0.15, -0.1) is 11.3 Å². The van der Waals surface area contributed by atoms with Gasteiger partial charge in [-0.3, -0.25) is 9.78 Å². The van der Waals surface area contributed by atoms with E-state index in [2.05, 4.69) is 9.97 Å². The molecule has 0 radical (unpaired) electrons. The van der Waals surface area contributed by atoms with Gasteiger partial charge in [-0.1, -0.05) is 0 Å². The standard InChI is InChI=1S/C13H16N4O3S2/c1-9-8-16(5-6-17(9)22(2,19)20)13(18)12-15-10-7-14-4-3-11(10)21-12/h3-4,7,9H,5-6,8H2,1-2H3/t9-/m0/s1. The highest BCUT2D eigenvalue weighted by Crippen LogP contribution is 2.23. The van der Waals surface area contributed by atoms with Crippen LogP contribution >= 0.6 is 11.3 Å². The van der Waals surface area contributed by atoms with Crippen LogP contribution < -0.4 is 0 Å². The van der Waals surface area contributed by atoms with E-state index in [-0.39, 0.29) is 11.9 Å². The summed E-state index contributed by atoms with van der Waals surface area (Å²) < 4.78 is 25.7. The first-order valence-corrected chi connectivity index (χ1v) is 9.49. The summed E-state index contributed by atoms with van der Waals surface area (Å²) in [7, 11) is -3.24. The summed E-state index contributed by atoms with van der Waals surface area (Å²) in [5, 5.41) is 0.419. The van der Waals surface area contributed by atoms with Crippen LogP contribution in [0.15, 0.2) is 18.5 Å². The van der Waals surface area contributed by atoms with E-state index in [1.807, 2.05) is 13.0 Å². The van der Waals surface area contributed by atoms with Crippen molar-refractivity contribution in [2.45, 2.75) is 13.0 Å². The fraction of sp³-hybridized carbons (Fsp3) is 0.462. The van der Waals surface area contributed by atoms with Gasteiger partial charge in [0.1, 0.15) is 5.52 Å². The number of rotatable bonds is 2. The summed E-state index contributed by atoms with van der Waals surface area (Å²) in [6.07, 6.45) is 4.50. The van der Waals surface area contributed by atoms with Crippen molar-refractivity contribution >= 4 is 37.5 Å². The monoisotopic (exact) mass is 340 g/mol. The van der Waals surface area contributed by atoms with Crippen LogP contribution in [-0.2, 0) is 10.0 Å². The molecule has 0 unspecified atom stereocenters. The number of carbonyl (C=O) groups excluding carboxylic acids is 1. The van der Waals surface area contributed by atoms with Gasteiger partial charge in [0.2, 0.25) is 10.0 Å². The van der Waals surface area contributed by atoms with Gasteiger partial charge in [0, 0.05) is 31.9 Å². The van der Waals surface area contributed by atoms with Gasteiger partial charge in [-0.25, -0.2) is 13.4 Å². The lowest BCUT2D eigenvalue weighted by molar-refractivity contribution is 0.0642. The molecule has 0 N–H and O–H groups in total. The van der Waals surface area contributed by atoms with Gasteiger partial charge in [0.15, 0.2) is 5.01 Å². The number of pyridine rings is 1. The lowest BCUT2D eigenvalue weighted by atomic mass is 10.2. The molecule has 7 nitrogen and oxygen atoms in total. The first-order valence-electron chi connectivity index (χ1n) is 6.83. The number of sulfonamides is 1. The van der Waals surface area contributed by atoms with E-state index >= 15 is 0 Å². The van der Waals surface area contributed by atoms with Crippen LogP contribution in [0.4, 0.5) is 0 Å². The molecular formula is C13H16N4O3S2. The maximum Gasteiger partial charge on any atom is 0.282 e. The maximum absolute atomic E-state index is 12.6. The molecule has 2 aromatic rings. The summed E-state index contributed by atoms with van der Waals surface area (Å²) >= 11 is 1.33. The third-order valence-corrected chi connectivity index (χ3v) is 6.07. The van der Waals surface area contributed by atoms with Gasteiger partial charge in [0.25, 0.3) is 5.91 Å². The van der Waals surface area contributed by atoms with Gasteiger partial charge >= 0.3 is 0 Å². The number of amides is 1. The molecule has 1 saturated heterocycles. The molecule has 3 heterocycles. The van der Waals surface area contributed by atoms with Crippen molar-refractivity contribution < 1.29 is 13.2 Å². The quantitative estimate of drug-likeness (QED) is 0.807. The van der Waals surface area contributed by atoms with Crippen LogP contribution in [0.3, 0.4) is 0 Å². The topological polar surface area (TPSA) is 83.5 Å². The van der Waals surface area contributed by atoms with E-state index in [1.165, 1.54) is 21.9 Å². The Morgan fingerprint density at radius 2 is 2.18 bits per heavy atom. The van der Waals surface area contributed by atoms with Crippen molar-refractivity contribution in [3.63, 3.8) is 0 Å².